The molecule has 0 amide bonds. The lowest BCUT2D eigenvalue weighted by molar-refractivity contribution is 0.0697. The van der Waals surface area contributed by atoms with E-state index in [0.717, 1.165) is 19.3 Å². The molecule has 1 aromatic carbocycles. The maximum atomic E-state index is 14.0. The SMILES string of the molecule is O=C(O)c1cccc(F)c1N(CCCO)C1CCC1. The molecule has 2 N–H and O–H groups in total. The summed E-state index contributed by atoms with van der Waals surface area (Å²) in [5, 5.41) is 18.1. The smallest absolute Gasteiger partial charge is 0.337 e. The van der Waals surface area contributed by atoms with E-state index in [1.807, 2.05) is 0 Å². The fraction of sp³-hybridized carbons (Fsp3) is 0.500. The molecular weight excluding hydrogens is 249 g/mol. The molecule has 2 rings (SSSR count). The number of hydrogen-bond acceptors (Lipinski definition) is 3. The summed E-state index contributed by atoms with van der Waals surface area (Å²) < 4.78 is 14.0. The van der Waals surface area contributed by atoms with Gasteiger partial charge in [-0.05, 0) is 37.8 Å². The van der Waals surface area contributed by atoms with Crippen molar-refractivity contribution in [2.45, 2.75) is 31.7 Å². The number of carboxylic acids is 1. The van der Waals surface area contributed by atoms with E-state index in [1.54, 1.807) is 4.90 Å². The van der Waals surface area contributed by atoms with Crippen molar-refractivity contribution in [2.75, 3.05) is 18.1 Å². The molecule has 19 heavy (non-hydrogen) atoms. The summed E-state index contributed by atoms with van der Waals surface area (Å²) in [4.78, 5) is 13.0. The molecule has 0 unspecified atom stereocenters. The fourth-order valence-electron chi connectivity index (χ4n) is 2.40. The van der Waals surface area contributed by atoms with Gasteiger partial charge in [-0.25, -0.2) is 9.18 Å². The number of aliphatic hydroxyl groups excluding tert-OH is 1. The molecule has 1 aromatic rings. The van der Waals surface area contributed by atoms with Crippen LogP contribution >= 0.6 is 0 Å². The zero-order valence-electron chi connectivity index (χ0n) is 10.7. The van der Waals surface area contributed by atoms with Gasteiger partial charge < -0.3 is 15.1 Å². The van der Waals surface area contributed by atoms with Crippen molar-refractivity contribution < 1.29 is 19.4 Å². The summed E-state index contributed by atoms with van der Waals surface area (Å²) in [5.74, 6) is -1.63. The Balaban J connectivity index is 2.36. The van der Waals surface area contributed by atoms with Crippen LogP contribution in [0, 0.1) is 5.82 Å². The maximum Gasteiger partial charge on any atom is 0.337 e. The zero-order chi connectivity index (χ0) is 13.8. The van der Waals surface area contributed by atoms with E-state index in [4.69, 9.17) is 5.11 Å². The second-order valence-electron chi connectivity index (χ2n) is 4.80. The lowest BCUT2D eigenvalue weighted by Gasteiger charge is -2.40. The van der Waals surface area contributed by atoms with E-state index in [2.05, 4.69) is 0 Å². The molecular formula is C14H18FNO3. The van der Waals surface area contributed by atoms with Crippen LogP contribution in [0.1, 0.15) is 36.0 Å². The minimum absolute atomic E-state index is 0.00941. The Morgan fingerprint density at radius 1 is 1.42 bits per heavy atom. The number of carboxylic acid groups (broad SMARTS) is 1. The lowest BCUT2D eigenvalue weighted by Crippen LogP contribution is -2.42. The van der Waals surface area contributed by atoms with Crippen LogP contribution in [0.15, 0.2) is 18.2 Å². The molecule has 0 spiro atoms. The van der Waals surface area contributed by atoms with Gasteiger partial charge in [-0.2, -0.15) is 0 Å². The number of benzene rings is 1. The molecule has 5 heteroatoms. The van der Waals surface area contributed by atoms with E-state index in [1.165, 1.54) is 18.2 Å². The van der Waals surface area contributed by atoms with Gasteiger partial charge in [-0.15, -0.1) is 0 Å². The van der Waals surface area contributed by atoms with Crippen LogP contribution < -0.4 is 4.90 Å². The van der Waals surface area contributed by atoms with Crippen LogP contribution in [-0.4, -0.2) is 35.4 Å². The number of aliphatic hydroxyl groups is 1. The Bertz CT molecular complexity index is 460. The predicted molar refractivity (Wildman–Crippen MR) is 70.0 cm³/mol. The molecule has 0 aromatic heterocycles. The Labute approximate surface area is 111 Å². The third-order valence-electron chi connectivity index (χ3n) is 3.58. The zero-order valence-corrected chi connectivity index (χ0v) is 10.7. The quantitative estimate of drug-likeness (QED) is 0.830. The Kier molecular flexibility index (Phi) is 4.37. The Hall–Kier alpha value is -1.62. The van der Waals surface area contributed by atoms with Crippen LogP contribution in [0.2, 0.25) is 0 Å². The first kappa shape index (κ1) is 13.8. The van der Waals surface area contributed by atoms with Gasteiger partial charge in [0.1, 0.15) is 5.82 Å². The average molecular weight is 267 g/mol. The first-order valence-corrected chi connectivity index (χ1v) is 6.54. The van der Waals surface area contributed by atoms with E-state index in [-0.39, 0.29) is 23.9 Å². The Morgan fingerprint density at radius 3 is 2.68 bits per heavy atom. The van der Waals surface area contributed by atoms with Crippen LogP contribution in [-0.2, 0) is 0 Å². The van der Waals surface area contributed by atoms with Gasteiger partial charge in [0.25, 0.3) is 0 Å². The molecule has 0 bridgehead atoms. The van der Waals surface area contributed by atoms with Gasteiger partial charge in [-0.1, -0.05) is 6.07 Å². The first-order chi connectivity index (χ1) is 9.15. The summed E-state index contributed by atoms with van der Waals surface area (Å²) in [6.45, 7) is 0.489. The first-order valence-electron chi connectivity index (χ1n) is 6.54. The number of rotatable bonds is 6. The third-order valence-corrected chi connectivity index (χ3v) is 3.58. The molecule has 0 atom stereocenters. The van der Waals surface area contributed by atoms with E-state index >= 15 is 0 Å². The summed E-state index contributed by atoms with van der Waals surface area (Å²) in [6.07, 6.45) is 3.47. The minimum atomic E-state index is -1.12. The number of carbonyl (C=O) groups is 1. The molecule has 0 heterocycles. The molecule has 1 fully saturated rings. The van der Waals surface area contributed by atoms with Crippen LogP contribution in [0.4, 0.5) is 10.1 Å². The normalized spacial score (nSPS) is 15.1. The second kappa shape index (κ2) is 6.02. The standard InChI is InChI=1S/C14H18FNO3/c15-12-7-2-6-11(14(18)19)13(12)16(8-3-9-17)10-4-1-5-10/h2,6-7,10,17H,1,3-5,8-9H2,(H,18,19). The third kappa shape index (κ3) is 2.87. The lowest BCUT2D eigenvalue weighted by atomic mass is 9.90. The van der Waals surface area contributed by atoms with Gasteiger partial charge >= 0.3 is 5.97 Å². The summed E-state index contributed by atoms with van der Waals surface area (Å²) >= 11 is 0. The number of anilines is 1. The summed E-state index contributed by atoms with van der Waals surface area (Å²) in [7, 11) is 0. The summed E-state index contributed by atoms with van der Waals surface area (Å²) in [5.41, 5.74) is 0.151. The van der Waals surface area contributed by atoms with Gasteiger partial charge in [0.15, 0.2) is 0 Å². The van der Waals surface area contributed by atoms with Crippen LogP contribution in [0.5, 0.6) is 0 Å². The number of aromatic carboxylic acids is 1. The molecule has 1 aliphatic rings. The number of hydrogen-bond donors (Lipinski definition) is 2. The monoisotopic (exact) mass is 267 g/mol. The van der Waals surface area contributed by atoms with Crippen molar-refractivity contribution in [1.82, 2.24) is 0 Å². The predicted octanol–water partition coefficient (Wildman–Crippen LogP) is 2.27. The highest BCUT2D eigenvalue weighted by molar-refractivity contribution is 5.94. The molecule has 1 saturated carbocycles. The Morgan fingerprint density at radius 2 is 2.16 bits per heavy atom. The van der Waals surface area contributed by atoms with Gasteiger partial charge in [-0.3, -0.25) is 0 Å². The van der Waals surface area contributed by atoms with E-state index in [0.29, 0.717) is 13.0 Å². The number of nitrogens with zero attached hydrogens (tertiary/aromatic N) is 1. The second-order valence-corrected chi connectivity index (χ2v) is 4.80. The van der Waals surface area contributed by atoms with Gasteiger partial charge in [0.05, 0.1) is 11.3 Å². The van der Waals surface area contributed by atoms with Crippen LogP contribution in [0.3, 0.4) is 0 Å². The van der Waals surface area contributed by atoms with Crippen molar-refractivity contribution in [3.63, 3.8) is 0 Å². The van der Waals surface area contributed by atoms with E-state index < -0.39 is 11.8 Å². The topological polar surface area (TPSA) is 60.8 Å². The maximum absolute atomic E-state index is 14.0. The van der Waals surface area contributed by atoms with Crippen LogP contribution in [0.25, 0.3) is 0 Å². The largest absolute Gasteiger partial charge is 0.478 e. The van der Waals surface area contributed by atoms with E-state index in [9.17, 15) is 14.3 Å². The number of halogens is 1. The van der Waals surface area contributed by atoms with Crippen molar-refractivity contribution in [2.24, 2.45) is 0 Å². The highest BCUT2D eigenvalue weighted by Gasteiger charge is 2.29. The number of para-hydroxylation sites is 1. The minimum Gasteiger partial charge on any atom is -0.478 e. The van der Waals surface area contributed by atoms with Gasteiger partial charge in [0, 0.05) is 19.2 Å². The molecule has 1 aliphatic carbocycles. The van der Waals surface area contributed by atoms with Crippen molar-refractivity contribution in [3.8, 4) is 0 Å². The van der Waals surface area contributed by atoms with Gasteiger partial charge in [0.2, 0.25) is 0 Å². The summed E-state index contributed by atoms with van der Waals surface area (Å²) in [6, 6.07) is 4.30. The van der Waals surface area contributed by atoms with Crippen molar-refractivity contribution in [1.29, 1.82) is 0 Å². The highest BCUT2D eigenvalue weighted by Crippen LogP contribution is 2.33. The molecule has 4 nitrogen and oxygen atoms in total. The van der Waals surface area contributed by atoms with Crippen molar-refractivity contribution >= 4 is 11.7 Å². The molecule has 104 valence electrons. The van der Waals surface area contributed by atoms with Crippen molar-refractivity contribution in [3.05, 3.63) is 29.6 Å². The average Bonchev–Trinajstić information content (AvgIpc) is 2.32. The highest BCUT2D eigenvalue weighted by atomic mass is 19.1. The fourth-order valence-corrected chi connectivity index (χ4v) is 2.40. The molecule has 0 radical (unpaired) electrons. The molecule has 0 saturated heterocycles. The molecule has 0 aliphatic heterocycles.